The molecule has 1 aromatic rings. The van der Waals surface area contributed by atoms with Crippen LogP contribution in [0.4, 0.5) is 0 Å². The molecule has 3 heteroatoms. The molecule has 2 rings (SSSR count). The number of nitrogens with zero attached hydrogens (tertiary/aromatic N) is 2. The normalized spacial score (nSPS) is 16.6. The summed E-state index contributed by atoms with van der Waals surface area (Å²) in [5.74, 6) is 0. The van der Waals surface area contributed by atoms with Gasteiger partial charge in [-0.15, -0.1) is 0 Å². The summed E-state index contributed by atoms with van der Waals surface area (Å²) in [6.45, 7) is 18.5. The van der Waals surface area contributed by atoms with Gasteiger partial charge in [0.2, 0.25) is 0 Å². The highest BCUT2D eigenvalue weighted by molar-refractivity contribution is 5.31. The second-order valence-electron chi connectivity index (χ2n) is 8.71. The maximum absolute atomic E-state index is 13.1. The second-order valence-corrected chi connectivity index (χ2v) is 8.71. The summed E-state index contributed by atoms with van der Waals surface area (Å²) in [6, 6.07) is 0. The third-order valence-corrected chi connectivity index (χ3v) is 5.17. The fraction of sp³-hybridized carbons (Fsp3) is 0.824. The Bertz CT molecular complexity index is 574. The van der Waals surface area contributed by atoms with Gasteiger partial charge < -0.3 is 0 Å². The van der Waals surface area contributed by atoms with E-state index >= 15 is 0 Å². The maximum Gasteiger partial charge on any atom is 0.271 e. The molecule has 1 aliphatic heterocycles. The first-order valence-corrected chi connectivity index (χ1v) is 7.74. The van der Waals surface area contributed by atoms with Crippen LogP contribution in [0, 0.1) is 5.41 Å². The molecule has 2 heterocycles. The van der Waals surface area contributed by atoms with Gasteiger partial charge in [-0.3, -0.25) is 9.48 Å². The van der Waals surface area contributed by atoms with E-state index in [1.807, 2.05) is 4.68 Å². The molecule has 0 fully saturated rings. The van der Waals surface area contributed by atoms with E-state index in [9.17, 15) is 4.79 Å². The van der Waals surface area contributed by atoms with Gasteiger partial charge in [0.05, 0.1) is 5.54 Å². The van der Waals surface area contributed by atoms with Crippen LogP contribution in [0.1, 0.15) is 73.1 Å². The van der Waals surface area contributed by atoms with E-state index in [1.165, 1.54) is 5.69 Å². The van der Waals surface area contributed by atoms with E-state index < -0.39 is 0 Å². The third kappa shape index (κ3) is 2.06. The van der Waals surface area contributed by atoms with Crippen molar-refractivity contribution in [2.24, 2.45) is 5.41 Å². The van der Waals surface area contributed by atoms with Crippen molar-refractivity contribution < 1.29 is 0 Å². The minimum absolute atomic E-state index is 0.0626. The van der Waals surface area contributed by atoms with Crippen LogP contribution in [-0.4, -0.2) is 9.36 Å². The van der Waals surface area contributed by atoms with Crippen LogP contribution in [0.25, 0.3) is 0 Å². The molecule has 20 heavy (non-hydrogen) atoms. The van der Waals surface area contributed by atoms with E-state index in [2.05, 4.69) is 60.1 Å². The predicted molar refractivity (Wildman–Crippen MR) is 84.5 cm³/mol. The second kappa shape index (κ2) is 4.25. The first kappa shape index (κ1) is 15.4. The number of rotatable bonds is 1. The van der Waals surface area contributed by atoms with Gasteiger partial charge in [-0.25, -0.2) is 4.68 Å². The minimum atomic E-state index is -0.164. The highest BCUT2D eigenvalue weighted by atomic mass is 16.1. The summed E-state index contributed by atoms with van der Waals surface area (Å²) in [7, 11) is 0. The van der Waals surface area contributed by atoms with Gasteiger partial charge in [-0.1, -0.05) is 34.6 Å². The van der Waals surface area contributed by atoms with E-state index in [4.69, 9.17) is 0 Å². The van der Waals surface area contributed by atoms with Crippen molar-refractivity contribution in [2.45, 2.75) is 85.7 Å². The molecular formula is C17H30N2O. The molecule has 114 valence electrons. The van der Waals surface area contributed by atoms with E-state index in [-0.39, 0.29) is 21.9 Å². The van der Waals surface area contributed by atoms with Crippen molar-refractivity contribution in [1.29, 1.82) is 0 Å². The molecule has 0 spiro atoms. The van der Waals surface area contributed by atoms with Crippen molar-refractivity contribution in [3.05, 3.63) is 21.6 Å². The SMILES string of the molecule is CC(C)(C)n1c(=O)c(C(C)(C)C(C)(C)C)c2n1CCC2. The topological polar surface area (TPSA) is 26.9 Å². The Morgan fingerprint density at radius 2 is 1.50 bits per heavy atom. The molecule has 0 aliphatic carbocycles. The van der Waals surface area contributed by atoms with Crippen molar-refractivity contribution in [3.8, 4) is 0 Å². The fourth-order valence-corrected chi connectivity index (χ4v) is 3.14. The summed E-state index contributed by atoms with van der Waals surface area (Å²) < 4.78 is 4.23. The molecule has 0 amide bonds. The van der Waals surface area contributed by atoms with E-state index in [0.717, 1.165) is 24.9 Å². The molecule has 0 saturated heterocycles. The van der Waals surface area contributed by atoms with Crippen molar-refractivity contribution in [1.82, 2.24) is 9.36 Å². The monoisotopic (exact) mass is 278 g/mol. The number of hydrogen-bond acceptors (Lipinski definition) is 1. The lowest BCUT2D eigenvalue weighted by Crippen LogP contribution is -2.42. The molecule has 0 saturated carbocycles. The zero-order chi connectivity index (χ0) is 15.5. The van der Waals surface area contributed by atoms with Gasteiger partial charge in [-0.05, 0) is 39.0 Å². The van der Waals surface area contributed by atoms with Crippen LogP contribution in [0.15, 0.2) is 4.79 Å². The molecule has 0 bridgehead atoms. The molecule has 3 nitrogen and oxygen atoms in total. The first-order chi connectivity index (χ1) is 8.89. The number of aromatic nitrogens is 2. The summed E-state index contributed by atoms with van der Waals surface area (Å²) in [4.78, 5) is 13.1. The average Bonchev–Trinajstić information content (AvgIpc) is 2.71. The zero-order valence-corrected chi connectivity index (χ0v) is 14.4. The Balaban J connectivity index is 2.78. The molecule has 0 N–H and O–H groups in total. The van der Waals surface area contributed by atoms with Crippen molar-refractivity contribution >= 4 is 0 Å². The molecule has 1 aliphatic rings. The first-order valence-electron chi connectivity index (χ1n) is 7.74. The standard InChI is InChI=1S/C17H30N2O/c1-15(2,3)17(7,8)13-12-10-9-11-18(12)19(14(13)20)16(4,5)6/h9-11H2,1-8H3. The summed E-state index contributed by atoms with van der Waals surface area (Å²) in [5.41, 5.74) is 2.30. The largest absolute Gasteiger partial charge is 0.286 e. The quantitative estimate of drug-likeness (QED) is 0.770. The molecule has 0 atom stereocenters. The molecular weight excluding hydrogens is 248 g/mol. The van der Waals surface area contributed by atoms with Crippen LogP contribution in [0.3, 0.4) is 0 Å². The minimum Gasteiger partial charge on any atom is -0.286 e. The van der Waals surface area contributed by atoms with Crippen molar-refractivity contribution in [3.63, 3.8) is 0 Å². The van der Waals surface area contributed by atoms with Gasteiger partial charge >= 0.3 is 0 Å². The average molecular weight is 278 g/mol. The maximum atomic E-state index is 13.1. The highest BCUT2D eigenvalue weighted by Gasteiger charge is 2.42. The predicted octanol–water partition coefficient (Wildman–Crippen LogP) is 3.67. The van der Waals surface area contributed by atoms with Gasteiger partial charge in [0.15, 0.2) is 0 Å². The Hall–Kier alpha value is -0.990. The molecule has 1 aromatic heterocycles. The third-order valence-electron chi connectivity index (χ3n) is 5.17. The van der Waals surface area contributed by atoms with Crippen LogP contribution in [0.2, 0.25) is 0 Å². The van der Waals surface area contributed by atoms with Gasteiger partial charge in [0.25, 0.3) is 5.56 Å². The summed E-state index contributed by atoms with van der Waals surface area (Å²) >= 11 is 0. The Labute approximate surface area is 123 Å². The lowest BCUT2D eigenvalue weighted by atomic mass is 9.65. The molecule has 0 unspecified atom stereocenters. The molecule has 0 aromatic carbocycles. The van der Waals surface area contributed by atoms with Crippen molar-refractivity contribution in [2.75, 3.05) is 0 Å². The van der Waals surface area contributed by atoms with Crippen LogP contribution in [0.5, 0.6) is 0 Å². The lowest BCUT2D eigenvalue weighted by Gasteiger charge is -2.38. The number of hydrogen-bond donors (Lipinski definition) is 0. The van der Waals surface area contributed by atoms with E-state index in [0.29, 0.717) is 0 Å². The Kier molecular flexibility index (Phi) is 3.27. The van der Waals surface area contributed by atoms with Gasteiger partial charge in [-0.2, -0.15) is 0 Å². The Morgan fingerprint density at radius 1 is 0.950 bits per heavy atom. The zero-order valence-electron chi connectivity index (χ0n) is 14.4. The van der Waals surface area contributed by atoms with Gasteiger partial charge in [0.1, 0.15) is 0 Å². The summed E-state index contributed by atoms with van der Waals surface area (Å²) in [6.07, 6.45) is 2.19. The fourth-order valence-electron chi connectivity index (χ4n) is 3.14. The van der Waals surface area contributed by atoms with Gasteiger partial charge in [0, 0.05) is 23.2 Å². The summed E-state index contributed by atoms with van der Waals surface area (Å²) in [5, 5.41) is 0. The Morgan fingerprint density at radius 3 is 1.95 bits per heavy atom. The smallest absolute Gasteiger partial charge is 0.271 e. The highest BCUT2D eigenvalue weighted by Crippen LogP contribution is 2.42. The van der Waals surface area contributed by atoms with Crippen LogP contribution < -0.4 is 5.56 Å². The molecule has 0 radical (unpaired) electrons. The lowest BCUT2D eigenvalue weighted by molar-refractivity contribution is 0.221. The number of fused-ring (bicyclic) bond motifs is 1. The van der Waals surface area contributed by atoms with Crippen LogP contribution in [-0.2, 0) is 23.9 Å². The van der Waals surface area contributed by atoms with Crippen LogP contribution >= 0.6 is 0 Å². The van der Waals surface area contributed by atoms with E-state index in [1.54, 1.807) is 0 Å².